The van der Waals surface area contributed by atoms with Crippen LogP contribution in [0.15, 0.2) is 26.3 Å². The van der Waals surface area contributed by atoms with Crippen molar-refractivity contribution in [3.63, 3.8) is 0 Å². The first-order valence-electron chi connectivity index (χ1n) is 6.67. The zero-order valence-corrected chi connectivity index (χ0v) is 12.8. The van der Waals surface area contributed by atoms with Crippen LogP contribution in [0.3, 0.4) is 0 Å². The molecule has 2 aromatic rings. The minimum atomic E-state index is 0.425. The summed E-state index contributed by atoms with van der Waals surface area (Å²) in [6, 6.07) is 2.67. The van der Waals surface area contributed by atoms with Gasteiger partial charge in [0, 0.05) is 17.7 Å². The molecule has 5 heteroatoms. The molecule has 0 bridgehead atoms. The number of hydrogen-bond donors (Lipinski definition) is 1. The van der Waals surface area contributed by atoms with Crippen LogP contribution in [-0.2, 0) is 13.0 Å². The summed E-state index contributed by atoms with van der Waals surface area (Å²) in [5.74, 6) is 1.75. The number of nitrogens with zero attached hydrogens (tertiary/aromatic N) is 1. The van der Waals surface area contributed by atoms with Crippen LogP contribution in [0, 0.1) is 0 Å². The molecule has 102 valence electrons. The van der Waals surface area contributed by atoms with Gasteiger partial charge in [-0.15, -0.1) is 23.1 Å². The molecular formula is C14H18N2OS2. The SMILES string of the molecule is CCc1cnc(CNC2C[C@H](C)Sc3sccc32)o1. The Morgan fingerprint density at radius 1 is 1.53 bits per heavy atom. The van der Waals surface area contributed by atoms with E-state index >= 15 is 0 Å². The van der Waals surface area contributed by atoms with E-state index < -0.39 is 0 Å². The van der Waals surface area contributed by atoms with Crippen molar-refractivity contribution in [2.75, 3.05) is 0 Å². The molecule has 3 rings (SSSR count). The fourth-order valence-corrected chi connectivity index (χ4v) is 4.91. The van der Waals surface area contributed by atoms with E-state index in [-0.39, 0.29) is 0 Å². The topological polar surface area (TPSA) is 38.1 Å². The summed E-state index contributed by atoms with van der Waals surface area (Å²) in [5, 5.41) is 6.44. The van der Waals surface area contributed by atoms with Gasteiger partial charge < -0.3 is 9.73 Å². The third-order valence-electron chi connectivity index (χ3n) is 3.36. The lowest BCUT2D eigenvalue weighted by Gasteiger charge is -2.27. The third-order valence-corrected chi connectivity index (χ3v) is 5.70. The summed E-state index contributed by atoms with van der Waals surface area (Å²) >= 11 is 3.84. The van der Waals surface area contributed by atoms with E-state index in [1.807, 2.05) is 29.3 Å². The van der Waals surface area contributed by atoms with E-state index in [2.05, 4.69) is 35.6 Å². The first-order valence-corrected chi connectivity index (χ1v) is 8.43. The summed E-state index contributed by atoms with van der Waals surface area (Å²) < 4.78 is 7.10. The minimum absolute atomic E-state index is 0.425. The molecule has 1 unspecified atom stereocenters. The number of aromatic nitrogens is 1. The summed E-state index contributed by atoms with van der Waals surface area (Å²) in [5.41, 5.74) is 1.44. The molecule has 2 atom stereocenters. The molecule has 0 radical (unpaired) electrons. The van der Waals surface area contributed by atoms with Gasteiger partial charge in [-0.3, -0.25) is 0 Å². The number of nitrogens with one attached hydrogen (secondary N) is 1. The van der Waals surface area contributed by atoms with Gasteiger partial charge in [0.25, 0.3) is 0 Å². The summed E-state index contributed by atoms with van der Waals surface area (Å²) in [4.78, 5) is 4.30. The molecule has 0 fully saturated rings. The van der Waals surface area contributed by atoms with Crippen molar-refractivity contribution in [3.8, 4) is 0 Å². The second-order valence-corrected chi connectivity index (χ2v) is 7.46. The molecule has 0 aliphatic carbocycles. The first kappa shape index (κ1) is 13.2. The smallest absolute Gasteiger partial charge is 0.208 e. The van der Waals surface area contributed by atoms with Crippen LogP contribution in [-0.4, -0.2) is 10.2 Å². The van der Waals surface area contributed by atoms with Gasteiger partial charge in [0.05, 0.1) is 17.0 Å². The van der Waals surface area contributed by atoms with E-state index in [1.54, 1.807) is 0 Å². The molecule has 0 saturated heterocycles. The van der Waals surface area contributed by atoms with E-state index in [0.29, 0.717) is 17.8 Å². The van der Waals surface area contributed by atoms with Crippen molar-refractivity contribution in [3.05, 3.63) is 34.9 Å². The lowest BCUT2D eigenvalue weighted by atomic mass is 10.1. The van der Waals surface area contributed by atoms with Crippen molar-refractivity contribution in [1.29, 1.82) is 0 Å². The van der Waals surface area contributed by atoms with Crippen molar-refractivity contribution >= 4 is 23.1 Å². The minimum Gasteiger partial charge on any atom is -0.444 e. The van der Waals surface area contributed by atoms with Crippen molar-refractivity contribution in [2.45, 2.75) is 48.7 Å². The van der Waals surface area contributed by atoms with E-state index in [4.69, 9.17) is 4.42 Å². The van der Waals surface area contributed by atoms with Gasteiger partial charge in [0.15, 0.2) is 0 Å². The van der Waals surface area contributed by atoms with Crippen molar-refractivity contribution < 1.29 is 4.42 Å². The fraction of sp³-hybridized carbons (Fsp3) is 0.500. The molecule has 2 aromatic heterocycles. The Labute approximate surface area is 121 Å². The molecular weight excluding hydrogens is 276 g/mol. The van der Waals surface area contributed by atoms with Gasteiger partial charge in [-0.1, -0.05) is 13.8 Å². The van der Waals surface area contributed by atoms with Gasteiger partial charge in [-0.05, 0) is 23.4 Å². The predicted octanol–water partition coefficient (Wildman–Crippen LogP) is 4.01. The average Bonchev–Trinajstić information content (AvgIpc) is 3.03. The van der Waals surface area contributed by atoms with Crippen LogP contribution in [0.2, 0.25) is 0 Å². The van der Waals surface area contributed by atoms with Crippen LogP contribution in [0.25, 0.3) is 0 Å². The highest BCUT2D eigenvalue weighted by Gasteiger charge is 2.26. The molecule has 1 N–H and O–H groups in total. The fourth-order valence-electron chi connectivity index (χ4n) is 2.35. The number of aryl methyl sites for hydroxylation is 1. The Balaban J connectivity index is 1.67. The van der Waals surface area contributed by atoms with Crippen LogP contribution in [0.5, 0.6) is 0 Å². The molecule has 0 aromatic carbocycles. The summed E-state index contributed by atoms with van der Waals surface area (Å²) in [6.45, 7) is 5.08. The number of hydrogen-bond acceptors (Lipinski definition) is 5. The summed E-state index contributed by atoms with van der Waals surface area (Å²) in [6.07, 6.45) is 3.89. The quantitative estimate of drug-likeness (QED) is 0.924. The van der Waals surface area contributed by atoms with E-state index in [9.17, 15) is 0 Å². The third kappa shape index (κ3) is 2.88. The van der Waals surface area contributed by atoms with Gasteiger partial charge in [-0.2, -0.15) is 0 Å². The summed E-state index contributed by atoms with van der Waals surface area (Å²) in [7, 11) is 0. The second kappa shape index (κ2) is 5.69. The highest BCUT2D eigenvalue weighted by Crippen LogP contribution is 2.43. The Bertz CT molecular complexity index is 549. The maximum Gasteiger partial charge on any atom is 0.208 e. The van der Waals surface area contributed by atoms with Gasteiger partial charge >= 0.3 is 0 Å². The standard InChI is InChI=1S/C14H18N2OS2/c1-3-10-7-16-13(17-10)8-15-12-6-9(2)19-14-11(12)4-5-18-14/h4-5,7,9,12,15H,3,6,8H2,1-2H3/t9-,12?/m0/s1. The molecule has 0 amide bonds. The maximum atomic E-state index is 5.64. The highest BCUT2D eigenvalue weighted by atomic mass is 32.2. The molecule has 19 heavy (non-hydrogen) atoms. The average molecular weight is 294 g/mol. The lowest BCUT2D eigenvalue weighted by Crippen LogP contribution is -2.26. The Hall–Kier alpha value is -0.780. The van der Waals surface area contributed by atoms with Gasteiger partial charge in [0.2, 0.25) is 5.89 Å². The van der Waals surface area contributed by atoms with Gasteiger partial charge in [0.1, 0.15) is 5.76 Å². The van der Waals surface area contributed by atoms with Crippen molar-refractivity contribution in [2.24, 2.45) is 0 Å². The zero-order valence-electron chi connectivity index (χ0n) is 11.2. The van der Waals surface area contributed by atoms with Crippen LogP contribution in [0.4, 0.5) is 0 Å². The number of rotatable bonds is 4. The monoisotopic (exact) mass is 294 g/mol. The lowest BCUT2D eigenvalue weighted by molar-refractivity contribution is 0.405. The van der Waals surface area contributed by atoms with Crippen LogP contribution < -0.4 is 5.32 Å². The highest BCUT2D eigenvalue weighted by molar-refractivity contribution is 8.01. The molecule has 3 nitrogen and oxygen atoms in total. The largest absolute Gasteiger partial charge is 0.444 e. The molecule has 0 saturated carbocycles. The zero-order chi connectivity index (χ0) is 13.2. The normalized spacial score (nSPS) is 22.4. The Kier molecular flexibility index (Phi) is 3.96. The number of fused-ring (bicyclic) bond motifs is 1. The van der Waals surface area contributed by atoms with Crippen LogP contribution in [0.1, 0.15) is 43.5 Å². The van der Waals surface area contributed by atoms with E-state index in [0.717, 1.165) is 24.5 Å². The predicted molar refractivity (Wildman–Crippen MR) is 79.7 cm³/mol. The molecule has 1 aliphatic heterocycles. The van der Waals surface area contributed by atoms with Gasteiger partial charge in [-0.25, -0.2) is 4.98 Å². The second-order valence-electron chi connectivity index (χ2n) is 4.83. The van der Waals surface area contributed by atoms with Crippen molar-refractivity contribution in [1.82, 2.24) is 10.3 Å². The molecule has 0 spiro atoms. The number of oxazole rings is 1. The molecule has 3 heterocycles. The number of thioether (sulfide) groups is 1. The van der Waals surface area contributed by atoms with Crippen LogP contribution >= 0.6 is 23.1 Å². The maximum absolute atomic E-state index is 5.64. The molecule has 1 aliphatic rings. The van der Waals surface area contributed by atoms with E-state index in [1.165, 1.54) is 9.77 Å². The first-order chi connectivity index (χ1) is 9.26. The Morgan fingerprint density at radius 2 is 2.42 bits per heavy atom. The Morgan fingerprint density at radius 3 is 3.21 bits per heavy atom. The number of thiophene rings is 1.